The van der Waals surface area contributed by atoms with Crippen LogP contribution < -0.4 is 11.1 Å². The summed E-state index contributed by atoms with van der Waals surface area (Å²) in [6.07, 6.45) is 8.01. The Morgan fingerprint density at radius 3 is 2.00 bits per heavy atom. The van der Waals surface area contributed by atoms with Crippen LogP contribution in [0.1, 0.15) is 11.1 Å². The first-order valence-electron chi connectivity index (χ1n) is 6.78. The number of nitrogens with two attached hydrogens (primary N) is 1. The van der Waals surface area contributed by atoms with Crippen molar-refractivity contribution >= 4 is 12.2 Å². The van der Waals surface area contributed by atoms with Crippen molar-refractivity contribution < 1.29 is 0 Å². The minimum atomic E-state index is -0.143. The molecular weight excluding hydrogens is 244 g/mol. The first-order valence-corrected chi connectivity index (χ1v) is 6.78. The molecular formula is C18H20N2. The molecule has 1 unspecified atom stereocenters. The van der Waals surface area contributed by atoms with Gasteiger partial charge in [-0.3, -0.25) is 5.32 Å². The lowest BCUT2D eigenvalue weighted by Gasteiger charge is -2.06. The Bertz CT molecular complexity index is 544. The molecule has 0 amide bonds. The molecule has 0 spiro atoms. The predicted molar refractivity (Wildman–Crippen MR) is 86.9 cm³/mol. The van der Waals surface area contributed by atoms with E-state index in [1.54, 1.807) is 0 Å². The highest BCUT2D eigenvalue weighted by Crippen LogP contribution is 2.01. The van der Waals surface area contributed by atoms with E-state index in [0.29, 0.717) is 0 Å². The fraction of sp³-hybridized carbons (Fsp3) is 0.111. The maximum atomic E-state index is 5.97. The molecule has 0 aliphatic carbocycles. The molecule has 102 valence electrons. The number of nitrogens with one attached hydrogen (secondary N) is 1. The van der Waals surface area contributed by atoms with Crippen LogP contribution in [0.2, 0.25) is 0 Å². The molecule has 0 fully saturated rings. The second-order valence-corrected chi connectivity index (χ2v) is 4.52. The summed E-state index contributed by atoms with van der Waals surface area (Å²) in [6, 6.07) is 20.4. The molecule has 1 atom stereocenters. The second-order valence-electron chi connectivity index (χ2n) is 4.52. The molecule has 0 aromatic heterocycles. The molecule has 3 N–H and O–H groups in total. The first kappa shape index (κ1) is 14.3. The molecule has 0 saturated carbocycles. The van der Waals surface area contributed by atoms with Crippen LogP contribution in [0, 0.1) is 0 Å². The molecule has 2 aromatic rings. The van der Waals surface area contributed by atoms with Crippen LogP contribution in [0.4, 0.5) is 0 Å². The Kier molecular flexibility index (Phi) is 5.77. The highest BCUT2D eigenvalue weighted by atomic mass is 15.0. The molecule has 2 aromatic carbocycles. The SMILES string of the molecule is NC(C=Cc1ccccc1)NC/C=C/c1ccccc1. The standard InChI is InChI=1S/C18H20N2/c19-18(14-13-17-10-5-2-6-11-17)20-15-7-12-16-8-3-1-4-9-16/h1-14,18,20H,15,19H2/b12-7+,14-13?. The number of rotatable bonds is 6. The Morgan fingerprint density at radius 1 is 0.850 bits per heavy atom. The van der Waals surface area contributed by atoms with Crippen LogP contribution in [-0.4, -0.2) is 12.7 Å². The lowest BCUT2D eigenvalue weighted by Crippen LogP contribution is -2.35. The van der Waals surface area contributed by atoms with E-state index in [1.165, 1.54) is 5.56 Å². The highest BCUT2D eigenvalue weighted by Gasteiger charge is 1.93. The zero-order valence-electron chi connectivity index (χ0n) is 11.4. The van der Waals surface area contributed by atoms with Crippen LogP contribution in [0.3, 0.4) is 0 Å². The molecule has 0 heterocycles. The summed E-state index contributed by atoms with van der Waals surface area (Å²) in [4.78, 5) is 0. The fourth-order valence-corrected chi connectivity index (χ4v) is 1.81. The van der Waals surface area contributed by atoms with Crippen LogP contribution in [0.25, 0.3) is 12.2 Å². The van der Waals surface area contributed by atoms with Gasteiger partial charge in [0.25, 0.3) is 0 Å². The Labute approximate surface area is 120 Å². The molecule has 0 aliphatic rings. The van der Waals surface area contributed by atoms with Crippen LogP contribution >= 0.6 is 0 Å². The van der Waals surface area contributed by atoms with Gasteiger partial charge in [-0.25, -0.2) is 0 Å². The van der Waals surface area contributed by atoms with Crippen molar-refractivity contribution in [1.82, 2.24) is 5.32 Å². The van der Waals surface area contributed by atoms with E-state index < -0.39 is 0 Å². The lowest BCUT2D eigenvalue weighted by atomic mass is 10.2. The number of hydrogen-bond donors (Lipinski definition) is 2. The molecule has 0 saturated heterocycles. The van der Waals surface area contributed by atoms with Gasteiger partial charge in [0.1, 0.15) is 0 Å². The topological polar surface area (TPSA) is 38.0 Å². The lowest BCUT2D eigenvalue weighted by molar-refractivity contribution is 0.662. The van der Waals surface area contributed by atoms with Crippen molar-refractivity contribution in [3.8, 4) is 0 Å². The third-order valence-electron chi connectivity index (χ3n) is 2.88. The summed E-state index contributed by atoms with van der Waals surface area (Å²) in [5, 5.41) is 3.23. The van der Waals surface area contributed by atoms with Gasteiger partial charge in [-0.2, -0.15) is 0 Å². The largest absolute Gasteiger partial charge is 0.313 e. The summed E-state index contributed by atoms with van der Waals surface area (Å²) in [5.74, 6) is 0. The minimum absolute atomic E-state index is 0.143. The van der Waals surface area contributed by atoms with E-state index in [9.17, 15) is 0 Å². The maximum Gasteiger partial charge on any atom is 0.0744 e. The Balaban J connectivity index is 1.74. The van der Waals surface area contributed by atoms with E-state index in [1.807, 2.05) is 48.6 Å². The average molecular weight is 264 g/mol. The maximum absolute atomic E-state index is 5.97. The Hall–Kier alpha value is -2.16. The molecule has 0 bridgehead atoms. The van der Waals surface area contributed by atoms with Gasteiger partial charge in [-0.05, 0) is 11.1 Å². The summed E-state index contributed by atoms with van der Waals surface area (Å²) < 4.78 is 0. The molecule has 2 heteroatoms. The van der Waals surface area contributed by atoms with Gasteiger partial charge in [0, 0.05) is 6.54 Å². The van der Waals surface area contributed by atoms with Gasteiger partial charge in [0.15, 0.2) is 0 Å². The minimum Gasteiger partial charge on any atom is -0.313 e. The normalized spacial score (nSPS) is 13.1. The summed E-state index contributed by atoms with van der Waals surface area (Å²) in [7, 11) is 0. The molecule has 20 heavy (non-hydrogen) atoms. The highest BCUT2D eigenvalue weighted by molar-refractivity contribution is 5.50. The smallest absolute Gasteiger partial charge is 0.0744 e. The van der Waals surface area contributed by atoms with E-state index in [4.69, 9.17) is 5.73 Å². The zero-order chi connectivity index (χ0) is 14.0. The van der Waals surface area contributed by atoms with Crippen molar-refractivity contribution in [3.05, 3.63) is 83.9 Å². The van der Waals surface area contributed by atoms with Crippen molar-refractivity contribution in [2.45, 2.75) is 6.17 Å². The van der Waals surface area contributed by atoms with Gasteiger partial charge in [0.2, 0.25) is 0 Å². The quantitative estimate of drug-likeness (QED) is 0.786. The summed E-state index contributed by atoms with van der Waals surface area (Å²) in [5.41, 5.74) is 8.32. The van der Waals surface area contributed by atoms with Crippen LogP contribution in [-0.2, 0) is 0 Å². The zero-order valence-corrected chi connectivity index (χ0v) is 11.4. The number of hydrogen-bond acceptors (Lipinski definition) is 2. The van der Waals surface area contributed by atoms with Crippen LogP contribution in [0.5, 0.6) is 0 Å². The van der Waals surface area contributed by atoms with Crippen molar-refractivity contribution in [1.29, 1.82) is 0 Å². The average Bonchev–Trinajstić information content (AvgIpc) is 2.52. The summed E-state index contributed by atoms with van der Waals surface area (Å²) in [6.45, 7) is 0.745. The Morgan fingerprint density at radius 2 is 1.40 bits per heavy atom. The molecule has 0 aliphatic heterocycles. The monoisotopic (exact) mass is 264 g/mol. The predicted octanol–water partition coefficient (Wildman–Crippen LogP) is 3.29. The van der Waals surface area contributed by atoms with Crippen LogP contribution in [0.15, 0.2) is 72.8 Å². The van der Waals surface area contributed by atoms with Gasteiger partial charge in [0.05, 0.1) is 6.17 Å². The fourth-order valence-electron chi connectivity index (χ4n) is 1.81. The van der Waals surface area contributed by atoms with Gasteiger partial charge >= 0.3 is 0 Å². The second kappa shape index (κ2) is 8.10. The van der Waals surface area contributed by atoms with Gasteiger partial charge in [-0.15, -0.1) is 0 Å². The first-order chi connectivity index (χ1) is 9.84. The van der Waals surface area contributed by atoms with E-state index in [2.05, 4.69) is 41.7 Å². The van der Waals surface area contributed by atoms with Crippen molar-refractivity contribution in [3.63, 3.8) is 0 Å². The molecule has 2 nitrogen and oxygen atoms in total. The van der Waals surface area contributed by atoms with Gasteiger partial charge < -0.3 is 5.73 Å². The van der Waals surface area contributed by atoms with E-state index in [0.717, 1.165) is 12.1 Å². The van der Waals surface area contributed by atoms with Crippen molar-refractivity contribution in [2.24, 2.45) is 5.73 Å². The molecule has 0 radical (unpaired) electrons. The van der Waals surface area contributed by atoms with Gasteiger partial charge in [-0.1, -0.05) is 85.0 Å². The number of benzene rings is 2. The third kappa shape index (κ3) is 5.22. The summed E-state index contributed by atoms with van der Waals surface area (Å²) >= 11 is 0. The third-order valence-corrected chi connectivity index (χ3v) is 2.88. The van der Waals surface area contributed by atoms with E-state index >= 15 is 0 Å². The van der Waals surface area contributed by atoms with Crippen molar-refractivity contribution in [2.75, 3.05) is 6.54 Å². The van der Waals surface area contributed by atoms with E-state index in [-0.39, 0.29) is 6.17 Å². The molecule has 2 rings (SSSR count).